The molecule has 1 heterocycles. The van der Waals surface area contributed by atoms with Crippen LogP contribution in [0.2, 0.25) is 0 Å². The number of aromatic nitrogens is 2. The van der Waals surface area contributed by atoms with Crippen molar-refractivity contribution in [1.82, 2.24) is 10.2 Å². The Hall–Kier alpha value is -2.08. The summed E-state index contributed by atoms with van der Waals surface area (Å²) in [6, 6.07) is 4.10. The monoisotopic (exact) mass is 383 g/mol. The predicted octanol–water partition coefficient (Wildman–Crippen LogP) is 2.55. The number of rotatable bonds is 5. The van der Waals surface area contributed by atoms with Gasteiger partial charge in [0.1, 0.15) is 6.67 Å². The van der Waals surface area contributed by atoms with Crippen molar-refractivity contribution in [2.75, 3.05) is 17.7 Å². The van der Waals surface area contributed by atoms with Crippen molar-refractivity contribution in [2.45, 2.75) is 10.5 Å². The van der Waals surface area contributed by atoms with Crippen molar-refractivity contribution >= 4 is 32.2 Å². The van der Waals surface area contributed by atoms with Gasteiger partial charge >= 0.3 is 6.18 Å². The fourth-order valence-corrected chi connectivity index (χ4v) is 3.68. The minimum Gasteiger partial charge on any atom is -0.296 e. The minimum absolute atomic E-state index is 0.311. The molecule has 1 amide bonds. The number of halogens is 4. The van der Waals surface area contributed by atoms with Gasteiger partial charge in [0.25, 0.3) is 5.91 Å². The fraction of sp³-hybridized carbons (Fsp3) is 0.250. The predicted molar refractivity (Wildman–Crippen MR) is 77.3 cm³/mol. The zero-order valence-electron chi connectivity index (χ0n) is 11.7. The molecule has 0 bridgehead atoms. The third kappa shape index (κ3) is 4.06. The number of nitrogens with zero attached hydrogens (tertiary/aromatic N) is 2. The highest BCUT2D eigenvalue weighted by Crippen LogP contribution is 2.32. The molecule has 0 saturated heterocycles. The van der Waals surface area contributed by atoms with E-state index in [1.807, 2.05) is 0 Å². The molecule has 130 valence electrons. The van der Waals surface area contributed by atoms with Gasteiger partial charge in [0.15, 0.2) is 0 Å². The number of sulfone groups is 1. The van der Waals surface area contributed by atoms with E-state index in [0.717, 1.165) is 18.2 Å². The summed E-state index contributed by atoms with van der Waals surface area (Å²) in [6.45, 7) is -1.12. The molecule has 24 heavy (non-hydrogen) atoms. The zero-order chi connectivity index (χ0) is 18.0. The van der Waals surface area contributed by atoms with E-state index < -0.39 is 49.8 Å². The van der Waals surface area contributed by atoms with E-state index in [-0.39, 0.29) is 5.13 Å². The van der Waals surface area contributed by atoms with Crippen molar-refractivity contribution in [3.05, 3.63) is 35.4 Å². The molecule has 0 fully saturated rings. The summed E-state index contributed by atoms with van der Waals surface area (Å²) in [5.41, 5.74) is -1.79. The number of anilines is 1. The van der Waals surface area contributed by atoms with Gasteiger partial charge in [-0.15, -0.1) is 10.2 Å². The third-order valence-corrected chi connectivity index (χ3v) is 5.67. The molecule has 2 aromatic rings. The number of benzene rings is 1. The molecule has 0 spiro atoms. The third-order valence-electron chi connectivity index (χ3n) is 2.72. The summed E-state index contributed by atoms with van der Waals surface area (Å²) < 4.78 is 73.4. The molecule has 1 aromatic carbocycles. The number of carbonyl (C=O) groups is 1. The lowest BCUT2D eigenvalue weighted by molar-refractivity contribution is -0.137. The van der Waals surface area contributed by atoms with Crippen LogP contribution in [0.4, 0.5) is 22.7 Å². The maximum absolute atomic E-state index is 12.9. The Balaban J connectivity index is 2.25. The van der Waals surface area contributed by atoms with Gasteiger partial charge < -0.3 is 0 Å². The highest BCUT2D eigenvalue weighted by molar-refractivity contribution is 7.93. The van der Waals surface area contributed by atoms with Crippen LogP contribution in [0.25, 0.3) is 0 Å². The number of nitrogens with one attached hydrogen (secondary N) is 1. The maximum atomic E-state index is 12.9. The van der Waals surface area contributed by atoms with Crippen molar-refractivity contribution in [3.8, 4) is 0 Å². The number of carbonyl (C=O) groups excluding carboxylic acids is 1. The second-order valence-electron chi connectivity index (χ2n) is 4.38. The smallest absolute Gasteiger partial charge is 0.296 e. The van der Waals surface area contributed by atoms with Gasteiger partial charge in [-0.05, 0) is 12.1 Å². The molecule has 2 rings (SSSR count). The normalized spacial score (nSPS) is 12.2. The van der Waals surface area contributed by atoms with Crippen LogP contribution in [0.1, 0.15) is 15.9 Å². The lowest BCUT2D eigenvalue weighted by Gasteiger charge is -2.11. The SMILES string of the molecule is O=C(Nc1nnc(S(=O)(=O)CCF)s1)c1ccccc1C(F)(F)F. The Bertz CT molecular complexity index is 849. The lowest BCUT2D eigenvalue weighted by atomic mass is 10.1. The van der Waals surface area contributed by atoms with Crippen LogP contribution in [0.3, 0.4) is 0 Å². The van der Waals surface area contributed by atoms with Crippen LogP contribution < -0.4 is 5.32 Å². The van der Waals surface area contributed by atoms with Crippen molar-refractivity contribution in [3.63, 3.8) is 0 Å². The largest absolute Gasteiger partial charge is 0.417 e. The summed E-state index contributed by atoms with van der Waals surface area (Å²) >= 11 is 0.426. The number of alkyl halides is 4. The molecule has 0 aliphatic heterocycles. The highest BCUT2D eigenvalue weighted by atomic mass is 32.2. The first-order chi connectivity index (χ1) is 11.1. The Labute approximate surface area is 137 Å². The zero-order valence-corrected chi connectivity index (χ0v) is 13.3. The summed E-state index contributed by atoms with van der Waals surface area (Å²) in [6.07, 6.45) is -4.73. The minimum atomic E-state index is -4.73. The van der Waals surface area contributed by atoms with Gasteiger partial charge in [0.2, 0.25) is 19.3 Å². The van der Waals surface area contributed by atoms with Crippen molar-refractivity contribution in [2.24, 2.45) is 0 Å². The van der Waals surface area contributed by atoms with Gasteiger partial charge in [-0.25, -0.2) is 12.8 Å². The second-order valence-corrected chi connectivity index (χ2v) is 7.64. The summed E-state index contributed by atoms with van der Waals surface area (Å²) in [4.78, 5) is 12.0. The van der Waals surface area contributed by atoms with Gasteiger partial charge in [-0.1, -0.05) is 23.5 Å². The van der Waals surface area contributed by atoms with Crippen LogP contribution in [0, 0.1) is 0 Å². The average molecular weight is 383 g/mol. The fourth-order valence-electron chi connectivity index (χ4n) is 1.67. The molecule has 1 N–H and O–H groups in total. The molecule has 12 heteroatoms. The van der Waals surface area contributed by atoms with Crippen LogP contribution in [-0.4, -0.2) is 36.9 Å². The Morgan fingerprint density at radius 2 is 1.88 bits per heavy atom. The summed E-state index contributed by atoms with van der Waals surface area (Å²) in [5.74, 6) is -1.92. The van der Waals surface area contributed by atoms with Gasteiger partial charge in [-0.3, -0.25) is 10.1 Å². The van der Waals surface area contributed by atoms with E-state index in [1.54, 1.807) is 0 Å². The molecular formula is C12H9F4N3O3S2. The van der Waals surface area contributed by atoms with Crippen LogP contribution >= 0.6 is 11.3 Å². The molecule has 0 aliphatic rings. The van der Waals surface area contributed by atoms with E-state index in [2.05, 4.69) is 15.5 Å². The number of hydrogen-bond donors (Lipinski definition) is 1. The lowest BCUT2D eigenvalue weighted by Crippen LogP contribution is -2.18. The first-order valence-electron chi connectivity index (χ1n) is 6.25. The van der Waals surface area contributed by atoms with Crippen molar-refractivity contribution < 1.29 is 30.8 Å². The van der Waals surface area contributed by atoms with E-state index in [9.17, 15) is 30.8 Å². The molecule has 0 atom stereocenters. The van der Waals surface area contributed by atoms with Gasteiger partial charge in [0.05, 0.1) is 16.9 Å². The molecule has 0 aliphatic carbocycles. The number of amides is 1. The van der Waals surface area contributed by atoms with E-state index >= 15 is 0 Å². The molecule has 1 aromatic heterocycles. The summed E-state index contributed by atoms with van der Waals surface area (Å²) in [7, 11) is -3.98. The Kier molecular flexibility index (Phi) is 5.18. The maximum Gasteiger partial charge on any atom is 0.417 e. The Morgan fingerprint density at radius 3 is 2.50 bits per heavy atom. The molecule has 0 unspecified atom stereocenters. The quantitative estimate of drug-likeness (QED) is 0.633. The van der Waals surface area contributed by atoms with Crippen LogP contribution in [-0.2, 0) is 16.0 Å². The molecule has 6 nitrogen and oxygen atoms in total. The van der Waals surface area contributed by atoms with E-state index in [1.165, 1.54) is 6.07 Å². The van der Waals surface area contributed by atoms with Crippen LogP contribution in [0.5, 0.6) is 0 Å². The molecule has 0 radical (unpaired) electrons. The average Bonchev–Trinajstić information content (AvgIpc) is 2.95. The van der Waals surface area contributed by atoms with E-state index in [0.29, 0.717) is 11.3 Å². The number of hydrogen-bond acceptors (Lipinski definition) is 6. The van der Waals surface area contributed by atoms with E-state index in [4.69, 9.17) is 0 Å². The first-order valence-corrected chi connectivity index (χ1v) is 8.72. The van der Waals surface area contributed by atoms with Gasteiger partial charge in [-0.2, -0.15) is 13.2 Å². The van der Waals surface area contributed by atoms with Crippen LogP contribution in [0.15, 0.2) is 28.6 Å². The van der Waals surface area contributed by atoms with Gasteiger partial charge in [0, 0.05) is 0 Å². The Morgan fingerprint density at radius 1 is 1.21 bits per heavy atom. The first kappa shape index (κ1) is 18.3. The topological polar surface area (TPSA) is 89.0 Å². The van der Waals surface area contributed by atoms with Crippen molar-refractivity contribution in [1.29, 1.82) is 0 Å². The molecule has 0 saturated carbocycles. The second kappa shape index (κ2) is 6.81. The standard InChI is InChI=1S/C12H9F4N3O3S2/c13-5-6-24(21,22)11-19-18-10(23-11)17-9(20)7-3-1-2-4-8(7)12(14,15)16/h1-4H,5-6H2,(H,17,18,20). The molecular weight excluding hydrogens is 374 g/mol. The summed E-state index contributed by atoms with van der Waals surface area (Å²) in [5, 5.41) is 8.42. The highest BCUT2D eigenvalue weighted by Gasteiger charge is 2.35.